The van der Waals surface area contributed by atoms with Crippen molar-refractivity contribution in [3.63, 3.8) is 0 Å². The Morgan fingerprint density at radius 3 is 2.65 bits per heavy atom. The third kappa shape index (κ3) is 3.35. The van der Waals surface area contributed by atoms with E-state index in [0.29, 0.717) is 29.9 Å². The molecular formula is C29H30O8. The zero-order chi connectivity index (χ0) is 25.9. The van der Waals surface area contributed by atoms with Crippen molar-refractivity contribution in [3.05, 3.63) is 71.0 Å². The first-order chi connectivity index (χ1) is 17.8. The number of aliphatic hydroxyl groups is 2. The van der Waals surface area contributed by atoms with E-state index in [4.69, 9.17) is 18.9 Å². The fraction of sp³-hybridized carbons (Fsp3) is 0.448. The van der Waals surface area contributed by atoms with E-state index >= 15 is 0 Å². The summed E-state index contributed by atoms with van der Waals surface area (Å²) in [5.41, 5.74) is 0.706. The Bertz CT molecular complexity index is 1280. The van der Waals surface area contributed by atoms with Gasteiger partial charge in [-0.1, -0.05) is 42.8 Å². The SMILES string of the molecule is COc1ccc2c3c1O[C@@H]1C(OC(=O)[C@@H](OC(=O)[C@H](C)O)c4ccccc4)=CC[C@]4(O)[C@@H](CCC[C@@]314)C2. The van der Waals surface area contributed by atoms with Crippen LogP contribution in [0.3, 0.4) is 0 Å². The van der Waals surface area contributed by atoms with Gasteiger partial charge in [0.05, 0.1) is 18.1 Å². The average molecular weight is 507 g/mol. The van der Waals surface area contributed by atoms with Gasteiger partial charge in [0.1, 0.15) is 11.9 Å². The standard InChI is InChI=1S/C29H30O8/c1-16(30)26(31)37-23(17-7-4-3-5-8-17)27(32)35-21-12-14-29(33)19-9-6-13-28(29)22-18(15-19)10-11-20(34-2)24(22)36-25(21)28/h3-5,7-8,10-12,16,19,23,25,30,33H,6,9,13-15H2,1-2H3/t16-,19-,23-,25+,28+,29-/m0/s1. The third-order valence-electron chi connectivity index (χ3n) is 8.58. The van der Waals surface area contributed by atoms with Crippen molar-refractivity contribution in [2.45, 2.75) is 68.4 Å². The van der Waals surface area contributed by atoms with Crippen molar-refractivity contribution >= 4 is 11.9 Å². The van der Waals surface area contributed by atoms with Gasteiger partial charge in [0, 0.05) is 11.1 Å². The van der Waals surface area contributed by atoms with Gasteiger partial charge >= 0.3 is 11.9 Å². The maximum atomic E-state index is 13.5. The van der Waals surface area contributed by atoms with Crippen molar-refractivity contribution in [1.29, 1.82) is 0 Å². The first-order valence-electron chi connectivity index (χ1n) is 12.7. The smallest absolute Gasteiger partial charge is 0.357 e. The molecule has 2 aromatic rings. The lowest BCUT2D eigenvalue weighted by Gasteiger charge is -2.59. The fourth-order valence-electron chi connectivity index (χ4n) is 6.95. The average Bonchev–Trinajstić information content (AvgIpc) is 3.24. The molecule has 2 bridgehead atoms. The Hall–Kier alpha value is -3.36. The number of methoxy groups -OCH3 is 1. The van der Waals surface area contributed by atoms with Crippen molar-refractivity contribution in [3.8, 4) is 11.5 Å². The van der Waals surface area contributed by atoms with E-state index in [-0.39, 0.29) is 11.7 Å². The van der Waals surface area contributed by atoms with Gasteiger partial charge in [0.2, 0.25) is 6.10 Å². The molecule has 1 spiro atoms. The number of carbonyl (C=O) groups is 2. The zero-order valence-corrected chi connectivity index (χ0v) is 20.8. The van der Waals surface area contributed by atoms with Crippen LogP contribution in [0.5, 0.6) is 11.5 Å². The molecule has 1 saturated carbocycles. The summed E-state index contributed by atoms with van der Waals surface area (Å²) >= 11 is 0. The molecule has 1 heterocycles. The minimum atomic E-state index is -1.40. The highest BCUT2D eigenvalue weighted by Crippen LogP contribution is 2.67. The van der Waals surface area contributed by atoms with Crippen LogP contribution in [-0.4, -0.2) is 47.1 Å². The molecule has 0 amide bonds. The number of hydrogen-bond donors (Lipinski definition) is 2. The summed E-state index contributed by atoms with van der Waals surface area (Å²) < 4.78 is 23.4. The summed E-state index contributed by atoms with van der Waals surface area (Å²) in [4.78, 5) is 25.7. The lowest BCUT2D eigenvalue weighted by molar-refractivity contribution is -0.176. The predicted octanol–water partition coefficient (Wildman–Crippen LogP) is 3.28. The van der Waals surface area contributed by atoms with Crippen LogP contribution in [0, 0.1) is 5.92 Å². The number of aliphatic hydroxyl groups excluding tert-OH is 1. The molecule has 1 fully saturated rings. The lowest BCUT2D eigenvalue weighted by atomic mass is 9.47. The van der Waals surface area contributed by atoms with Gasteiger partial charge in [-0.05, 0) is 56.2 Å². The molecule has 6 atom stereocenters. The first kappa shape index (κ1) is 24.0. The molecule has 0 radical (unpaired) electrons. The van der Waals surface area contributed by atoms with Crippen molar-refractivity contribution in [1.82, 2.24) is 0 Å². The number of ether oxygens (including phenoxy) is 4. The number of esters is 2. The van der Waals surface area contributed by atoms with Gasteiger partial charge < -0.3 is 29.2 Å². The molecular weight excluding hydrogens is 476 g/mol. The number of hydrogen-bond acceptors (Lipinski definition) is 8. The molecule has 0 saturated heterocycles. The second kappa shape index (κ2) is 8.60. The number of rotatable bonds is 6. The highest BCUT2D eigenvalue weighted by Gasteiger charge is 2.71. The summed E-state index contributed by atoms with van der Waals surface area (Å²) in [5.74, 6) is -0.214. The summed E-state index contributed by atoms with van der Waals surface area (Å²) in [6.07, 6.45) is 1.83. The van der Waals surface area contributed by atoms with Gasteiger partial charge in [-0.3, -0.25) is 0 Å². The second-order valence-electron chi connectivity index (χ2n) is 10.5. The molecule has 37 heavy (non-hydrogen) atoms. The van der Waals surface area contributed by atoms with Crippen LogP contribution < -0.4 is 9.47 Å². The molecule has 2 N–H and O–H groups in total. The maximum absolute atomic E-state index is 13.5. The van der Waals surface area contributed by atoms with Gasteiger partial charge in [-0.25, -0.2) is 9.59 Å². The van der Waals surface area contributed by atoms with E-state index < -0.39 is 41.3 Å². The van der Waals surface area contributed by atoms with Crippen LogP contribution >= 0.6 is 0 Å². The molecule has 1 aliphatic heterocycles. The summed E-state index contributed by atoms with van der Waals surface area (Å²) in [6, 6.07) is 12.5. The molecule has 8 nitrogen and oxygen atoms in total. The zero-order valence-electron chi connectivity index (χ0n) is 20.8. The van der Waals surface area contributed by atoms with E-state index in [1.165, 1.54) is 6.92 Å². The van der Waals surface area contributed by atoms with Crippen molar-refractivity contribution in [2.24, 2.45) is 5.92 Å². The Balaban J connectivity index is 1.39. The molecule has 6 rings (SSSR count). The van der Waals surface area contributed by atoms with Gasteiger partial charge in [-0.2, -0.15) is 0 Å². The largest absolute Gasteiger partial charge is 0.493 e. The van der Waals surface area contributed by atoms with Crippen LogP contribution in [0.1, 0.15) is 55.4 Å². The second-order valence-corrected chi connectivity index (χ2v) is 10.5. The number of benzene rings is 2. The molecule has 194 valence electrons. The van der Waals surface area contributed by atoms with Crippen LogP contribution in [0.15, 0.2) is 54.3 Å². The van der Waals surface area contributed by atoms with Crippen molar-refractivity contribution < 1.29 is 38.7 Å². The van der Waals surface area contributed by atoms with Gasteiger partial charge in [0.25, 0.3) is 0 Å². The first-order valence-corrected chi connectivity index (χ1v) is 12.7. The van der Waals surface area contributed by atoms with E-state index in [1.807, 2.05) is 12.1 Å². The van der Waals surface area contributed by atoms with Crippen molar-refractivity contribution in [2.75, 3.05) is 7.11 Å². The molecule has 0 unspecified atom stereocenters. The van der Waals surface area contributed by atoms with Crippen LogP contribution in [-0.2, 0) is 30.9 Å². The van der Waals surface area contributed by atoms with Gasteiger partial charge in [-0.15, -0.1) is 0 Å². The normalized spacial score (nSPS) is 30.2. The van der Waals surface area contributed by atoms with E-state index in [0.717, 1.165) is 30.4 Å². The van der Waals surface area contributed by atoms with E-state index in [9.17, 15) is 19.8 Å². The summed E-state index contributed by atoms with van der Waals surface area (Å²) in [5, 5.41) is 21.9. The fourth-order valence-corrected chi connectivity index (χ4v) is 6.95. The van der Waals surface area contributed by atoms with Crippen LogP contribution in [0.4, 0.5) is 0 Å². The minimum absolute atomic E-state index is 0.0664. The highest BCUT2D eigenvalue weighted by molar-refractivity contribution is 5.83. The Labute approximate surface area is 214 Å². The van der Waals surface area contributed by atoms with E-state index in [2.05, 4.69) is 0 Å². The molecule has 3 aliphatic carbocycles. The van der Waals surface area contributed by atoms with Crippen LogP contribution in [0.25, 0.3) is 0 Å². The Morgan fingerprint density at radius 1 is 1.14 bits per heavy atom. The highest BCUT2D eigenvalue weighted by atomic mass is 16.6. The summed E-state index contributed by atoms with van der Waals surface area (Å²) in [7, 11) is 1.58. The number of carbonyl (C=O) groups excluding carboxylic acids is 2. The molecule has 2 aromatic carbocycles. The topological polar surface area (TPSA) is 112 Å². The Kier molecular flexibility index (Phi) is 5.58. The monoisotopic (exact) mass is 506 g/mol. The maximum Gasteiger partial charge on any atom is 0.357 e. The molecule has 0 aromatic heterocycles. The quantitative estimate of drug-likeness (QED) is 0.575. The predicted molar refractivity (Wildman–Crippen MR) is 131 cm³/mol. The summed E-state index contributed by atoms with van der Waals surface area (Å²) in [6.45, 7) is 1.27. The molecule has 8 heteroatoms. The lowest BCUT2D eigenvalue weighted by Crippen LogP contribution is -2.67. The molecule has 4 aliphatic rings. The van der Waals surface area contributed by atoms with E-state index in [1.54, 1.807) is 43.5 Å². The van der Waals surface area contributed by atoms with Crippen LogP contribution in [0.2, 0.25) is 0 Å². The minimum Gasteiger partial charge on any atom is -0.493 e. The Morgan fingerprint density at radius 2 is 1.92 bits per heavy atom. The van der Waals surface area contributed by atoms with Gasteiger partial charge in [0.15, 0.2) is 17.6 Å². The third-order valence-corrected chi connectivity index (χ3v) is 8.58.